The molecule has 33 heavy (non-hydrogen) atoms. The van der Waals surface area contributed by atoms with Crippen LogP contribution in [0.25, 0.3) is 10.4 Å². The summed E-state index contributed by atoms with van der Waals surface area (Å²) in [6, 6.07) is 11.8. The second kappa shape index (κ2) is 11.9. The fourth-order valence-electron chi connectivity index (χ4n) is 3.58. The molecule has 174 valence electrons. The number of fused-ring (bicyclic) bond motifs is 3. The standard InChI is InChI=1S/C21H15BrF2OS.C4H8O2S/c22-14-8-7-12-3-1-4-13-9-20(26-21(13)15(12)10-14)19(25)11-16-17(23)5-2-6-18(16)24;1-2-6-4(5)3-7/h2,5-10H,1,3-4,11H2;7H,2-3H2,1H3. The maximum Gasteiger partial charge on any atom is 0.315 e. The number of rotatable bonds is 5. The van der Waals surface area contributed by atoms with E-state index in [9.17, 15) is 18.4 Å². The maximum absolute atomic E-state index is 13.9. The summed E-state index contributed by atoms with van der Waals surface area (Å²) in [6.07, 6.45) is 2.67. The van der Waals surface area contributed by atoms with Gasteiger partial charge in [-0.2, -0.15) is 12.6 Å². The number of carbonyl (C=O) groups is 2. The van der Waals surface area contributed by atoms with Gasteiger partial charge in [-0.05, 0) is 73.2 Å². The summed E-state index contributed by atoms with van der Waals surface area (Å²) in [5, 5.41) is 0. The van der Waals surface area contributed by atoms with Gasteiger partial charge < -0.3 is 4.74 Å². The Morgan fingerprint density at radius 1 is 1.09 bits per heavy atom. The van der Waals surface area contributed by atoms with Crippen molar-refractivity contribution in [3.63, 3.8) is 0 Å². The Hall–Kier alpha value is -2.03. The zero-order chi connectivity index (χ0) is 24.0. The van der Waals surface area contributed by atoms with Gasteiger partial charge in [-0.1, -0.05) is 28.1 Å². The van der Waals surface area contributed by atoms with E-state index < -0.39 is 11.6 Å². The molecule has 0 spiro atoms. The van der Waals surface area contributed by atoms with E-state index in [1.165, 1.54) is 35.1 Å². The lowest BCUT2D eigenvalue weighted by atomic mass is 10.0. The van der Waals surface area contributed by atoms with E-state index >= 15 is 0 Å². The van der Waals surface area contributed by atoms with E-state index in [1.807, 2.05) is 12.1 Å². The van der Waals surface area contributed by atoms with Crippen molar-refractivity contribution < 1.29 is 23.1 Å². The number of carbonyl (C=O) groups excluding carboxylic acids is 2. The molecular formula is C25H23BrF2O3S2. The van der Waals surface area contributed by atoms with Crippen LogP contribution in [0.1, 0.15) is 39.7 Å². The number of esters is 1. The topological polar surface area (TPSA) is 43.4 Å². The highest BCUT2D eigenvalue weighted by molar-refractivity contribution is 9.10. The van der Waals surface area contributed by atoms with E-state index in [4.69, 9.17) is 0 Å². The van der Waals surface area contributed by atoms with Gasteiger partial charge in [-0.15, -0.1) is 11.3 Å². The molecule has 0 amide bonds. The molecule has 0 atom stereocenters. The molecule has 3 aromatic rings. The van der Waals surface area contributed by atoms with Gasteiger partial charge in [0.05, 0.1) is 17.2 Å². The van der Waals surface area contributed by atoms with E-state index in [1.54, 1.807) is 6.92 Å². The Kier molecular flexibility index (Phi) is 9.23. The maximum atomic E-state index is 13.9. The van der Waals surface area contributed by atoms with Gasteiger partial charge in [0.2, 0.25) is 0 Å². The molecule has 3 nitrogen and oxygen atoms in total. The van der Waals surface area contributed by atoms with E-state index in [0.29, 0.717) is 11.5 Å². The molecule has 4 rings (SSSR count). The molecule has 2 aromatic carbocycles. The van der Waals surface area contributed by atoms with Gasteiger partial charge in [0.1, 0.15) is 11.6 Å². The molecule has 0 aliphatic heterocycles. The number of ketones is 1. The summed E-state index contributed by atoms with van der Waals surface area (Å²) < 4.78 is 33.2. The third-order valence-corrected chi connectivity index (χ3v) is 7.13. The monoisotopic (exact) mass is 552 g/mol. The first-order valence-electron chi connectivity index (χ1n) is 10.5. The molecular weight excluding hydrogens is 530 g/mol. The number of thiophene rings is 1. The van der Waals surface area contributed by atoms with Crippen LogP contribution < -0.4 is 0 Å². The number of ether oxygens (including phenoxy) is 1. The van der Waals surface area contributed by atoms with Crippen LogP contribution in [-0.2, 0) is 28.8 Å². The molecule has 0 saturated heterocycles. The van der Waals surface area contributed by atoms with Crippen molar-refractivity contribution in [2.75, 3.05) is 12.4 Å². The number of hydrogen-bond donors (Lipinski definition) is 1. The van der Waals surface area contributed by atoms with E-state index in [-0.39, 0.29) is 29.5 Å². The third kappa shape index (κ3) is 6.52. The van der Waals surface area contributed by atoms with Crippen molar-refractivity contribution in [2.24, 2.45) is 0 Å². The van der Waals surface area contributed by atoms with Crippen molar-refractivity contribution in [2.45, 2.75) is 32.6 Å². The molecule has 8 heteroatoms. The van der Waals surface area contributed by atoms with Crippen molar-refractivity contribution in [3.8, 4) is 10.4 Å². The Balaban J connectivity index is 0.000000383. The molecule has 1 heterocycles. The minimum Gasteiger partial charge on any atom is -0.465 e. The van der Waals surface area contributed by atoms with Crippen LogP contribution in [0.5, 0.6) is 0 Å². The molecule has 1 aliphatic carbocycles. The Morgan fingerprint density at radius 2 is 1.79 bits per heavy atom. The Bertz CT molecular complexity index is 1140. The zero-order valence-electron chi connectivity index (χ0n) is 18.0. The first-order valence-corrected chi connectivity index (χ1v) is 12.7. The highest BCUT2D eigenvalue weighted by Crippen LogP contribution is 2.40. The second-order valence-corrected chi connectivity index (χ2v) is 9.67. The number of thiol groups is 1. The lowest BCUT2D eigenvalue weighted by Gasteiger charge is -2.06. The quantitative estimate of drug-likeness (QED) is 0.214. The van der Waals surface area contributed by atoms with Gasteiger partial charge >= 0.3 is 5.97 Å². The molecule has 0 unspecified atom stereocenters. The highest BCUT2D eigenvalue weighted by atomic mass is 79.9. The van der Waals surface area contributed by atoms with Crippen LogP contribution in [0.3, 0.4) is 0 Å². The van der Waals surface area contributed by atoms with Gasteiger partial charge in [-0.3, -0.25) is 9.59 Å². The molecule has 0 saturated carbocycles. The number of halogens is 3. The fourth-order valence-corrected chi connectivity index (χ4v) is 5.23. The van der Waals surface area contributed by atoms with Crippen LogP contribution in [0, 0.1) is 11.6 Å². The van der Waals surface area contributed by atoms with Crippen molar-refractivity contribution in [3.05, 3.63) is 80.1 Å². The minimum absolute atomic E-state index is 0.163. The summed E-state index contributed by atoms with van der Waals surface area (Å²) >= 11 is 8.62. The third-order valence-electron chi connectivity index (χ3n) is 5.13. The molecule has 0 radical (unpaired) electrons. The molecule has 1 aliphatic rings. The molecule has 0 N–H and O–H groups in total. The molecule has 0 fully saturated rings. The summed E-state index contributed by atoms with van der Waals surface area (Å²) in [6.45, 7) is 2.21. The summed E-state index contributed by atoms with van der Waals surface area (Å²) in [5.74, 6) is -1.68. The van der Waals surface area contributed by atoms with Crippen LogP contribution in [-0.4, -0.2) is 24.1 Å². The smallest absolute Gasteiger partial charge is 0.315 e. The number of aryl methyl sites for hydroxylation is 2. The van der Waals surface area contributed by atoms with Crippen LogP contribution in [0.4, 0.5) is 8.78 Å². The molecule has 0 bridgehead atoms. The van der Waals surface area contributed by atoms with Gasteiger partial charge in [0, 0.05) is 21.3 Å². The average Bonchev–Trinajstić information content (AvgIpc) is 3.14. The predicted octanol–water partition coefficient (Wildman–Crippen LogP) is 6.85. The van der Waals surface area contributed by atoms with E-state index in [0.717, 1.165) is 39.7 Å². The number of benzene rings is 2. The lowest BCUT2D eigenvalue weighted by Crippen LogP contribution is -2.05. The largest absolute Gasteiger partial charge is 0.465 e. The number of hydrogen-bond acceptors (Lipinski definition) is 5. The van der Waals surface area contributed by atoms with Crippen molar-refractivity contribution in [1.29, 1.82) is 0 Å². The lowest BCUT2D eigenvalue weighted by molar-refractivity contribution is -0.139. The second-order valence-electron chi connectivity index (χ2n) is 7.38. The summed E-state index contributed by atoms with van der Waals surface area (Å²) in [4.78, 5) is 24.4. The van der Waals surface area contributed by atoms with Crippen LogP contribution >= 0.6 is 39.9 Å². The van der Waals surface area contributed by atoms with E-state index in [2.05, 4.69) is 45.4 Å². The van der Waals surface area contributed by atoms with Crippen LogP contribution in [0.2, 0.25) is 0 Å². The van der Waals surface area contributed by atoms with Crippen molar-refractivity contribution in [1.82, 2.24) is 0 Å². The normalized spacial score (nSPS) is 12.0. The SMILES string of the molecule is CCOC(=O)CS.O=C(Cc1c(F)cccc1F)c1cc2c(s1)-c1cc(Br)ccc1CCC2. The summed E-state index contributed by atoms with van der Waals surface area (Å²) in [5.41, 5.74) is 3.40. The summed E-state index contributed by atoms with van der Waals surface area (Å²) in [7, 11) is 0. The number of Topliss-reactive ketones (excluding diaryl/α,β-unsaturated/α-hetero) is 1. The van der Waals surface area contributed by atoms with Gasteiger partial charge in [0.15, 0.2) is 5.78 Å². The van der Waals surface area contributed by atoms with Gasteiger partial charge in [-0.25, -0.2) is 8.78 Å². The van der Waals surface area contributed by atoms with Crippen molar-refractivity contribution >= 4 is 51.6 Å². The first kappa shape index (κ1) is 25.6. The molecule has 1 aromatic heterocycles. The average molecular weight is 553 g/mol. The van der Waals surface area contributed by atoms with Crippen LogP contribution in [0.15, 0.2) is 46.9 Å². The van der Waals surface area contributed by atoms with Gasteiger partial charge in [0.25, 0.3) is 0 Å². The first-order chi connectivity index (χ1) is 15.8. The predicted molar refractivity (Wildman–Crippen MR) is 134 cm³/mol. The minimum atomic E-state index is -0.675. The fraction of sp³-hybridized carbons (Fsp3) is 0.280. The Labute approximate surface area is 209 Å². The Morgan fingerprint density at radius 3 is 2.42 bits per heavy atom. The highest BCUT2D eigenvalue weighted by Gasteiger charge is 2.22. The zero-order valence-corrected chi connectivity index (χ0v) is 21.3.